The van der Waals surface area contributed by atoms with Crippen LogP contribution in [0.2, 0.25) is 0 Å². The highest BCUT2D eigenvalue weighted by Gasteiger charge is 2.13. The molecule has 1 aromatic carbocycles. The van der Waals surface area contributed by atoms with E-state index in [-0.39, 0.29) is 0 Å². The first kappa shape index (κ1) is 6.68. The molecular formula is C9H12NO+. The molecule has 0 saturated carbocycles. The lowest BCUT2D eigenvalue weighted by Crippen LogP contribution is -2.77. The summed E-state index contributed by atoms with van der Waals surface area (Å²) in [6.07, 6.45) is 0. The van der Waals surface area contributed by atoms with Gasteiger partial charge in [0, 0.05) is 11.1 Å². The largest absolute Gasteiger partial charge is 0.497 e. The van der Waals surface area contributed by atoms with Crippen LogP contribution >= 0.6 is 0 Å². The van der Waals surface area contributed by atoms with Gasteiger partial charge >= 0.3 is 0 Å². The Morgan fingerprint density at radius 3 is 2.91 bits per heavy atom. The van der Waals surface area contributed by atoms with Crippen molar-refractivity contribution in [3.63, 3.8) is 0 Å². The van der Waals surface area contributed by atoms with Crippen LogP contribution in [-0.2, 0) is 13.1 Å². The van der Waals surface area contributed by atoms with Crippen molar-refractivity contribution in [2.45, 2.75) is 13.1 Å². The van der Waals surface area contributed by atoms with Crippen LogP contribution in [0, 0.1) is 0 Å². The SMILES string of the molecule is COc1ccc2c(c1)C[NH2+]C2. The Kier molecular flexibility index (Phi) is 1.55. The minimum Gasteiger partial charge on any atom is -0.497 e. The van der Waals surface area contributed by atoms with E-state index in [1.54, 1.807) is 7.11 Å². The lowest BCUT2D eigenvalue weighted by Gasteiger charge is -1.99. The third-order valence-corrected chi connectivity index (χ3v) is 2.14. The molecule has 1 heterocycles. The van der Waals surface area contributed by atoms with Crippen molar-refractivity contribution in [3.05, 3.63) is 29.3 Å². The Hall–Kier alpha value is -1.02. The Morgan fingerprint density at radius 2 is 2.09 bits per heavy atom. The van der Waals surface area contributed by atoms with E-state index in [0.717, 1.165) is 18.8 Å². The van der Waals surface area contributed by atoms with Crippen LogP contribution in [0.4, 0.5) is 0 Å². The van der Waals surface area contributed by atoms with Gasteiger partial charge < -0.3 is 10.1 Å². The van der Waals surface area contributed by atoms with Crippen LogP contribution in [0.3, 0.4) is 0 Å². The fourth-order valence-electron chi connectivity index (χ4n) is 1.50. The van der Waals surface area contributed by atoms with Gasteiger partial charge in [0.1, 0.15) is 18.8 Å². The molecule has 0 saturated heterocycles. The minimum atomic E-state index is 0.971. The number of hydrogen-bond acceptors (Lipinski definition) is 1. The van der Waals surface area contributed by atoms with Gasteiger partial charge in [-0.25, -0.2) is 0 Å². The zero-order valence-corrected chi connectivity index (χ0v) is 6.63. The summed E-state index contributed by atoms with van der Waals surface area (Å²) in [5.41, 5.74) is 2.87. The maximum absolute atomic E-state index is 5.13. The highest BCUT2D eigenvalue weighted by Crippen LogP contribution is 2.18. The standard InChI is InChI=1S/C9H11NO/c1-11-9-3-2-7-5-10-6-8(7)4-9/h2-4,10H,5-6H2,1H3/p+1. The zero-order chi connectivity index (χ0) is 7.68. The van der Waals surface area contributed by atoms with Crippen molar-refractivity contribution in [3.8, 4) is 5.75 Å². The monoisotopic (exact) mass is 150 g/mol. The van der Waals surface area contributed by atoms with Crippen molar-refractivity contribution in [1.82, 2.24) is 0 Å². The molecule has 2 rings (SSSR count). The van der Waals surface area contributed by atoms with E-state index in [1.807, 2.05) is 6.07 Å². The van der Waals surface area contributed by atoms with Crippen LogP contribution in [-0.4, -0.2) is 7.11 Å². The molecule has 0 spiro atoms. The van der Waals surface area contributed by atoms with E-state index in [2.05, 4.69) is 17.4 Å². The topological polar surface area (TPSA) is 25.8 Å². The van der Waals surface area contributed by atoms with Crippen LogP contribution in [0.15, 0.2) is 18.2 Å². The molecule has 0 aliphatic carbocycles. The third-order valence-electron chi connectivity index (χ3n) is 2.14. The van der Waals surface area contributed by atoms with Crippen LogP contribution in [0.25, 0.3) is 0 Å². The smallest absolute Gasteiger partial charge is 0.119 e. The summed E-state index contributed by atoms with van der Waals surface area (Å²) in [5, 5.41) is 2.30. The van der Waals surface area contributed by atoms with E-state index < -0.39 is 0 Å². The highest BCUT2D eigenvalue weighted by molar-refractivity contribution is 5.35. The molecule has 11 heavy (non-hydrogen) atoms. The Morgan fingerprint density at radius 1 is 1.27 bits per heavy atom. The molecule has 1 aromatic rings. The molecule has 0 amide bonds. The molecule has 2 N–H and O–H groups in total. The molecule has 0 fully saturated rings. The summed E-state index contributed by atoms with van der Waals surface area (Å²) >= 11 is 0. The lowest BCUT2D eigenvalue weighted by molar-refractivity contribution is -0.676. The van der Waals surface area contributed by atoms with E-state index in [9.17, 15) is 0 Å². The average molecular weight is 150 g/mol. The number of benzene rings is 1. The number of rotatable bonds is 1. The summed E-state index contributed by atoms with van der Waals surface area (Å²) in [4.78, 5) is 0. The molecule has 2 nitrogen and oxygen atoms in total. The average Bonchev–Trinajstić information content (AvgIpc) is 2.50. The van der Waals surface area contributed by atoms with Crippen molar-refractivity contribution in [2.24, 2.45) is 0 Å². The minimum absolute atomic E-state index is 0.971. The van der Waals surface area contributed by atoms with E-state index in [1.165, 1.54) is 11.1 Å². The molecule has 0 radical (unpaired) electrons. The maximum Gasteiger partial charge on any atom is 0.119 e. The molecule has 0 aromatic heterocycles. The first-order valence-electron chi connectivity index (χ1n) is 3.87. The highest BCUT2D eigenvalue weighted by atomic mass is 16.5. The summed E-state index contributed by atoms with van der Waals surface area (Å²) < 4.78 is 5.13. The normalized spacial score (nSPS) is 14.6. The summed E-state index contributed by atoms with van der Waals surface area (Å²) in [6.45, 7) is 2.23. The molecule has 1 aliphatic heterocycles. The molecule has 0 atom stereocenters. The molecule has 58 valence electrons. The van der Waals surface area contributed by atoms with Crippen LogP contribution in [0.1, 0.15) is 11.1 Å². The second-order valence-corrected chi connectivity index (χ2v) is 2.83. The second-order valence-electron chi connectivity index (χ2n) is 2.83. The number of hydrogen-bond donors (Lipinski definition) is 1. The Labute approximate surface area is 66.2 Å². The van der Waals surface area contributed by atoms with Gasteiger partial charge in [-0.3, -0.25) is 0 Å². The van der Waals surface area contributed by atoms with Gasteiger partial charge in [-0.1, -0.05) is 0 Å². The number of ether oxygens (including phenoxy) is 1. The van der Waals surface area contributed by atoms with E-state index >= 15 is 0 Å². The van der Waals surface area contributed by atoms with Crippen molar-refractivity contribution < 1.29 is 10.1 Å². The van der Waals surface area contributed by atoms with Crippen molar-refractivity contribution >= 4 is 0 Å². The Bertz CT molecular complexity index is 270. The predicted molar refractivity (Wildman–Crippen MR) is 42.3 cm³/mol. The van der Waals surface area contributed by atoms with Gasteiger partial charge in [0.15, 0.2) is 0 Å². The van der Waals surface area contributed by atoms with Gasteiger partial charge in [0.05, 0.1) is 7.11 Å². The fourth-order valence-corrected chi connectivity index (χ4v) is 1.50. The fraction of sp³-hybridized carbons (Fsp3) is 0.333. The number of quaternary nitrogens is 1. The van der Waals surface area contributed by atoms with E-state index in [4.69, 9.17) is 4.74 Å². The number of fused-ring (bicyclic) bond motifs is 1. The van der Waals surface area contributed by atoms with Gasteiger partial charge in [-0.15, -0.1) is 0 Å². The Balaban J connectivity index is 2.41. The quantitative estimate of drug-likeness (QED) is 0.611. The van der Waals surface area contributed by atoms with Gasteiger partial charge in [-0.2, -0.15) is 0 Å². The number of nitrogens with two attached hydrogens (primary N) is 1. The lowest BCUT2D eigenvalue weighted by atomic mass is 10.1. The van der Waals surface area contributed by atoms with Crippen LogP contribution in [0.5, 0.6) is 5.75 Å². The van der Waals surface area contributed by atoms with E-state index in [0.29, 0.717) is 0 Å². The summed E-state index contributed by atoms with van der Waals surface area (Å²) in [6, 6.07) is 6.30. The zero-order valence-electron chi connectivity index (χ0n) is 6.63. The summed E-state index contributed by atoms with van der Waals surface area (Å²) in [7, 11) is 1.71. The molecule has 1 aliphatic rings. The molecule has 2 heteroatoms. The first-order chi connectivity index (χ1) is 5.40. The molecule has 0 unspecified atom stereocenters. The van der Waals surface area contributed by atoms with Crippen molar-refractivity contribution in [1.29, 1.82) is 0 Å². The van der Waals surface area contributed by atoms with Crippen molar-refractivity contribution in [2.75, 3.05) is 7.11 Å². The number of methoxy groups -OCH3 is 1. The van der Waals surface area contributed by atoms with Gasteiger partial charge in [0.2, 0.25) is 0 Å². The van der Waals surface area contributed by atoms with Gasteiger partial charge in [0.25, 0.3) is 0 Å². The van der Waals surface area contributed by atoms with Gasteiger partial charge in [-0.05, 0) is 18.2 Å². The predicted octanol–water partition coefficient (Wildman–Crippen LogP) is 0.272. The first-order valence-corrected chi connectivity index (χ1v) is 3.87. The second kappa shape index (κ2) is 2.55. The third kappa shape index (κ3) is 1.10. The molecular weight excluding hydrogens is 138 g/mol. The van der Waals surface area contributed by atoms with Crippen LogP contribution < -0.4 is 10.1 Å². The molecule has 0 bridgehead atoms. The summed E-state index contributed by atoms with van der Waals surface area (Å²) in [5.74, 6) is 0.971. The maximum atomic E-state index is 5.13.